The molecule has 0 aliphatic carbocycles. The maximum Gasteiger partial charge on any atom is 0.506 e. The fourth-order valence-electron chi connectivity index (χ4n) is 0.931. The molecule has 0 fully saturated rings. The molecule has 0 aliphatic rings. The molecule has 0 spiro atoms. The molecule has 1 rings (SSSR count). The predicted octanol–water partition coefficient (Wildman–Crippen LogP) is 2.05. The zero-order valence-electron chi connectivity index (χ0n) is 6.39. The van der Waals surface area contributed by atoms with E-state index in [-0.39, 0.29) is 18.2 Å². The lowest BCUT2D eigenvalue weighted by atomic mass is 10.1. The molecule has 0 atom stereocenters. The summed E-state index contributed by atoms with van der Waals surface area (Å²) in [6, 6.07) is 8.73. The van der Waals surface area contributed by atoms with E-state index >= 15 is 0 Å². The van der Waals surface area contributed by atoms with Gasteiger partial charge in [-0.25, -0.2) is 0 Å². The Kier molecular flexibility index (Phi) is 4.19. The minimum Gasteiger partial charge on any atom is -0.296 e. The molecule has 0 unspecified atom stereocenters. The summed E-state index contributed by atoms with van der Waals surface area (Å²) in [4.78, 5) is 0. The molecule has 0 aliphatic heterocycles. The van der Waals surface area contributed by atoms with Gasteiger partial charge in [0.05, 0.1) is 0 Å². The van der Waals surface area contributed by atoms with Crippen molar-refractivity contribution in [3.05, 3.63) is 42.5 Å². The van der Waals surface area contributed by atoms with E-state index < -0.39 is 0 Å². The molecule has 11 heavy (non-hydrogen) atoms. The normalized spacial score (nSPS) is 8.82. The van der Waals surface area contributed by atoms with Crippen LogP contribution in [0, 0.1) is 0 Å². The van der Waals surface area contributed by atoms with Gasteiger partial charge in [0, 0.05) is 0 Å². The molecule has 0 heterocycles. The Hall–Kier alpha value is 0.206. The fraction of sp³-hybridized carbons (Fsp3) is 0.111. The largest absolute Gasteiger partial charge is 0.506 e. The lowest BCUT2D eigenvalue weighted by molar-refractivity contribution is 1.28. The van der Waals surface area contributed by atoms with Crippen molar-refractivity contribution in [3.63, 3.8) is 0 Å². The highest BCUT2D eigenvalue weighted by Gasteiger charge is 1.93. The van der Waals surface area contributed by atoms with Crippen molar-refractivity contribution in [2.45, 2.75) is 6.42 Å². The van der Waals surface area contributed by atoms with Gasteiger partial charge in [0.1, 0.15) is 0 Å². The Balaban J connectivity index is 2.74. The third kappa shape index (κ3) is 2.97. The highest BCUT2D eigenvalue weighted by Crippen LogP contribution is 1.98. The van der Waals surface area contributed by atoms with Crippen molar-refractivity contribution in [2.75, 3.05) is 0 Å². The van der Waals surface area contributed by atoms with Crippen molar-refractivity contribution >= 4 is 34.8 Å². The average Bonchev–Trinajstić information content (AvgIpc) is 2.07. The summed E-state index contributed by atoms with van der Waals surface area (Å²) < 4.78 is 1.46. The number of halogens is 1. The van der Waals surface area contributed by atoms with Gasteiger partial charge in [0.2, 0.25) is 0 Å². The molecule has 0 N–H and O–H groups in total. The van der Waals surface area contributed by atoms with Gasteiger partial charge in [-0.1, -0.05) is 30.3 Å². The lowest BCUT2D eigenvalue weighted by Gasteiger charge is -1.97. The van der Waals surface area contributed by atoms with Crippen LogP contribution in [0.3, 0.4) is 0 Å². The van der Waals surface area contributed by atoms with Crippen molar-refractivity contribution < 1.29 is 0 Å². The highest BCUT2D eigenvalue weighted by molar-refractivity contribution is 9.23. The molecule has 0 aromatic heterocycles. The SMILES string of the molecule is C=CCc1cc[c]([Mg][Br])cc1. The number of rotatable bonds is 3. The molecule has 54 valence electrons. The summed E-state index contributed by atoms with van der Waals surface area (Å²) in [6.07, 6.45) is 2.91. The summed E-state index contributed by atoms with van der Waals surface area (Å²) in [5.74, 6) is 0. The maximum atomic E-state index is 3.70. The summed E-state index contributed by atoms with van der Waals surface area (Å²) in [6.45, 7) is 3.70. The Morgan fingerprint density at radius 2 is 2.00 bits per heavy atom. The van der Waals surface area contributed by atoms with Crippen LogP contribution in [0.2, 0.25) is 0 Å². The van der Waals surface area contributed by atoms with E-state index in [1.165, 1.54) is 9.26 Å². The molecule has 0 amide bonds. The monoisotopic (exact) mass is 220 g/mol. The molecular formula is C9H9BrMg. The van der Waals surface area contributed by atoms with Crippen LogP contribution in [0.15, 0.2) is 36.9 Å². The van der Waals surface area contributed by atoms with Crippen molar-refractivity contribution in [3.8, 4) is 0 Å². The quantitative estimate of drug-likeness (QED) is 0.541. The van der Waals surface area contributed by atoms with E-state index in [1.807, 2.05) is 6.08 Å². The van der Waals surface area contributed by atoms with Crippen LogP contribution in [0.1, 0.15) is 5.56 Å². The highest BCUT2D eigenvalue weighted by atomic mass is 79.9. The molecule has 1 aromatic carbocycles. The zero-order chi connectivity index (χ0) is 8.10. The van der Waals surface area contributed by atoms with Crippen LogP contribution < -0.4 is 3.69 Å². The molecule has 0 radical (unpaired) electrons. The first kappa shape index (κ1) is 9.30. The van der Waals surface area contributed by atoms with E-state index in [9.17, 15) is 0 Å². The van der Waals surface area contributed by atoms with Crippen LogP contribution in [0.5, 0.6) is 0 Å². The third-order valence-corrected chi connectivity index (χ3v) is 4.28. The number of hydrogen-bond donors (Lipinski definition) is 0. The second-order valence-electron chi connectivity index (χ2n) is 2.44. The first-order chi connectivity index (χ1) is 5.36. The third-order valence-electron chi connectivity index (χ3n) is 1.56. The summed E-state index contributed by atoms with van der Waals surface area (Å²) >= 11 is 3.39. The van der Waals surface area contributed by atoms with Gasteiger partial charge in [-0.2, -0.15) is 3.69 Å². The molecule has 0 nitrogen and oxygen atoms in total. The van der Waals surface area contributed by atoms with Gasteiger partial charge in [-0.05, 0) is 12.0 Å². The van der Waals surface area contributed by atoms with Crippen LogP contribution in [0.25, 0.3) is 0 Å². The standard InChI is InChI=1S/C9H9.BrH.Mg/c1-2-6-9-7-4-3-5-8-9;;/h2,4-5,7-8H,1,6H2;1H;/q;;+1/p-1. The van der Waals surface area contributed by atoms with Crippen LogP contribution in [-0.2, 0) is 6.42 Å². The fourth-order valence-corrected chi connectivity index (χ4v) is 2.47. The Morgan fingerprint density at radius 1 is 1.36 bits per heavy atom. The van der Waals surface area contributed by atoms with Gasteiger partial charge < -0.3 is 0 Å². The molecular weight excluding hydrogens is 212 g/mol. The Bertz CT molecular complexity index is 228. The van der Waals surface area contributed by atoms with Crippen LogP contribution in [-0.4, -0.2) is 18.2 Å². The zero-order valence-corrected chi connectivity index (χ0v) is 9.39. The molecule has 2 heteroatoms. The Morgan fingerprint density at radius 3 is 2.45 bits per heavy atom. The van der Waals surface area contributed by atoms with Crippen molar-refractivity contribution in [2.24, 2.45) is 0 Å². The van der Waals surface area contributed by atoms with Gasteiger partial charge >= 0.3 is 18.2 Å². The minimum absolute atomic E-state index is 0.152. The summed E-state index contributed by atoms with van der Waals surface area (Å²) in [5, 5.41) is 0. The van der Waals surface area contributed by atoms with E-state index in [0.29, 0.717) is 0 Å². The average molecular weight is 221 g/mol. The predicted molar refractivity (Wildman–Crippen MR) is 54.7 cm³/mol. The van der Waals surface area contributed by atoms with Gasteiger partial charge in [-0.15, -0.1) is 6.58 Å². The maximum absolute atomic E-state index is 3.70. The van der Waals surface area contributed by atoms with Gasteiger partial charge in [0.15, 0.2) is 0 Å². The number of hydrogen-bond acceptors (Lipinski definition) is 0. The van der Waals surface area contributed by atoms with Crippen LogP contribution in [0.4, 0.5) is 0 Å². The first-order valence-electron chi connectivity index (χ1n) is 3.61. The van der Waals surface area contributed by atoms with E-state index in [1.54, 1.807) is 0 Å². The Labute approximate surface area is 83.3 Å². The van der Waals surface area contributed by atoms with Crippen molar-refractivity contribution in [1.82, 2.24) is 0 Å². The first-order valence-corrected chi connectivity index (χ1v) is 8.22. The molecule has 0 bridgehead atoms. The topological polar surface area (TPSA) is 0 Å². The summed E-state index contributed by atoms with van der Waals surface area (Å²) in [5.41, 5.74) is 1.35. The second-order valence-corrected chi connectivity index (χ2v) is 5.21. The second kappa shape index (κ2) is 4.96. The van der Waals surface area contributed by atoms with Crippen molar-refractivity contribution in [1.29, 1.82) is 0 Å². The van der Waals surface area contributed by atoms with E-state index in [0.717, 1.165) is 6.42 Å². The number of benzene rings is 1. The minimum atomic E-state index is -0.152. The van der Waals surface area contributed by atoms with Gasteiger partial charge in [0.25, 0.3) is 0 Å². The molecule has 0 saturated carbocycles. The van der Waals surface area contributed by atoms with E-state index in [4.69, 9.17) is 0 Å². The summed E-state index contributed by atoms with van der Waals surface area (Å²) in [7, 11) is 0. The van der Waals surface area contributed by atoms with Gasteiger partial charge in [-0.3, -0.25) is 12.9 Å². The smallest absolute Gasteiger partial charge is 0.296 e. The number of allylic oxidation sites excluding steroid dienone is 1. The lowest BCUT2D eigenvalue weighted by Crippen LogP contribution is -2.06. The molecule has 1 aromatic rings. The van der Waals surface area contributed by atoms with Crippen LogP contribution >= 0.6 is 12.9 Å². The van der Waals surface area contributed by atoms with E-state index in [2.05, 4.69) is 43.7 Å². The molecule has 0 saturated heterocycles.